The van der Waals surface area contributed by atoms with Crippen molar-refractivity contribution in [2.24, 2.45) is 0 Å². The van der Waals surface area contributed by atoms with E-state index in [0.717, 1.165) is 24.4 Å². The van der Waals surface area contributed by atoms with Crippen LogP contribution in [0, 0.1) is 6.92 Å². The van der Waals surface area contributed by atoms with Crippen molar-refractivity contribution in [2.75, 3.05) is 43.4 Å². The summed E-state index contributed by atoms with van der Waals surface area (Å²) in [5.41, 5.74) is 4.22. The van der Waals surface area contributed by atoms with Gasteiger partial charge in [-0.05, 0) is 35.6 Å². The van der Waals surface area contributed by atoms with Gasteiger partial charge in [-0.15, -0.1) is 11.8 Å². The van der Waals surface area contributed by atoms with Gasteiger partial charge in [-0.1, -0.05) is 42.5 Å². The van der Waals surface area contributed by atoms with Gasteiger partial charge in [0, 0.05) is 31.9 Å². The molecule has 0 spiro atoms. The second-order valence-corrected chi connectivity index (χ2v) is 8.22. The second-order valence-electron chi connectivity index (χ2n) is 7.37. The minimum Gasteiger partial charge on any atom is -0.368 e. The number of carbonyl (C=O) groups is 2. The fourth-order valence-corrected chi connectivity index (χ4v) is 4.55. The smallest absolute Gasteiger partial charge is 0.242 e. The third kappa shape index (κ3) is 4.48. The Morgan fingerprint density at radius 2 is 1.76 bits per heavy atom. The van der Waals surface area contributed by atoms with Crippen molar-refractivity contribution >= 4 is 35.0 Å². The van der Waals surface area contributed by atoms with Gasteiger partial charge in [-0.2, -0.15) is 0 Å². The number of hydrogen-bond donors (Lipinski definition) is 0. The zero-order valence-electron chi connectivity index (χ0n) is 16.6. The average Bonchev–Trinajstić information content (AvgIpc) is 2.76. The number of aryl methyl sites for hydroxylation is 1. The Kier molecular flexibility index (Phi) is 5.90. The van der Waals surface area contributed by atoms with Gasteiger partial charge in [0.15, 0.2) is 0 Å². The number of carbonyl (C=O) groups excluding carboxylic acids is 2. The largest absolute Gasteiger partial charge is 0.368 e. The predicted molar refractivity (Wildman–Crippen MR) is 119 cm³/mol. The van der Waals surface area contributed by atoms with Crippen molar-refractivity contribution < 1.29 is 9.59 Å². The van der Waals surface area contributed by atoms with Crippen LogP contribution in [0.4, 0.5) is 5.69 Å². The highest BCUT2D eigenvalue weighted by Gasteiger charge is 2.29. The van der Waals surface area contributed by atoms with Crippen LogP contribution in [-0.4, -0.2) is 60.1 Å². The van der Waals surface area contributed by atoms with Crippen molar-refractivity contribution in [3.63, 3.8) is 0 Å². The normalized spacial score (nSPS) is 17.3. The average molecular weight is 408 g/mol. The Hall–Kier alpha value is -2.73. The Morgan fingerprint density at radius 3 is 2.48 bits per heavy atom. The van der Waals surface area contributed by atoms with Gasteiger partial charge in [0.1, 0.15) is 6.54 Å². The Balaban J connectivity index is 1.40. The van der Waals surface area contributed by atoms with Crippen molar-refractivity contribution in [1.82, 2.24) is 9.80 Å². The summed E-state index contributed by atoms with van der Waals surface area (Å²) in [5, 5.41) is 1.99. The number of nitrogens with zero attached hydrogens (tertiary/aromatic N) is 3. The maximum absolute atomic E-state index is 13.0. The fourth-order valence-electron chi connectivity index (χ4n) is 3.75. The molecule has 4 rings (SSSR count). The van der Waals surface area contributed by atoms with E-state index in [4.69, 9.17) is 0 Å². The summed E-state index contributed by atoms with van der Waals surface area (Å²) >= 11 is 1.49. The molecule has 0 N–H and O–H groups in total. The number of thioether (sulfide) groups is 1. The van der Waals surface area contributed by atoms with E-state index in [1.807, 2.05) is 40.6 Å². The number of piperazine rings is 1. The Bertz CT molecular complexity index is 921. The molecule has 150 valence electrons. The standard InChI is InChI=1S/C23H25N3O2S/c1-18-6-5-9-20(14-18)24-10-12-25(13-11-24)22(27)15-26-21(16-29-17-23(26)28)19-7-3-2-4-8-19/h2-9,14,16H,10-13,15,17H2,1H3. The third-order valence-corrected chi connectivity index (χ3v) is 6.16. The van der Waals surface area contributed by atoms with Gasteiger partial charge < -0.3 is 14.7 Å². The van der Waals surface area contributed by atoms with E-state index in [0.29, 0.717) is 18.8 Å². The number of hydrogen-bond acceptors (Lipinski definition) is 4. The van der Waals surface area contributed by atoms with E-state index in [1.54, 1.807) is 4.90 Å². The summed E-state index contributed by atoms with van der Waals surface area (Å²) in [5.74, 6) is 0.379. The topological polar surface area (TPSA) is 43.9 Å². The van der Waals surface area contributed by atoms with Gasteiger partial charge in [0.05, 0.1) is 11.4 Å². The molecule has 1 fully saturated rings. The SMILES string of the molecule is Cc1cccc(N2CCN(C(=O)CN3C(=O)CSC=C3c3ccccc3)CC2)c1. The molecular formula is C23H25N3O2S. The highest BCUT2D eigenvalue weighted by molar-refractivity contribution is 8.03. The molecule has 0 aromatic heterocycles. The molecule has 5 nitrogen and oxygen atoms in total. The number of amides is 2. The minimum absolute atomic E-state index is 0.0102. The molecular weight excluding hydrogens is 382 g/mol. The van der Waals surface area contributed by atoms with Crippen LogP contribution < -0.4 is 4.90 Å². The highest BCUT2D eigenvalue weighted by Crippen LogP contribution is 2.28. The van der Waals surface area contributed by atoms with Crippen molar-refractivity contribution in [3.8, 4) is 0 Å². The van der Waals surface area contributed by atoms with Crippen LogP contribution in [0.1, 0.15) is 11.1 Å². The molecule has 2 amide bonds. The Labute approximate surface area is 176 Å². The minimum atomic E-state index is -0.0110. The summed E-state index contributed by atoms with van der Waals surface area (Å²) in [6.45, 7) is 5.15. The van der Waals surface area contributed by atoms with Crippen LogP contribution in [0.2, 0.25) is 0 Å². The molecule has 2 aromatic carbocycles. The zero-order valence-corrected chi connectivity index (χ0v) is 17.4. The molecule has 6 heteroatoms. The van der Waals surface area contributed by atoms with E-state index in [9.17, 15) is 9.59 Å². The van der Waals surface area contributed by atoms with Crippen LogP contribution in [0.5, 0.6) is 0 Å². The van der Waals surface area contributed by atoms with E-state index in [1.165, 1.54) is 23.0 Å². The van der Waals surface area contributed by atoms with Crippen LogP contribution in [0.25, 0.3) is 5.70 Å². The number of anilines is 1. The summed E-state index contributed by atoms with van der Waals surface area (Å²) in [7, 11) is 0. The quantitative estimate of drug-likeness (QED) is 0.781. The third-order valence-electron chi connectivity index (χ3n) is 5.36. The van der Waals surface area contributed by atoms with Crippen LogP contribution in [-0.2, 0) is 9.59 Å². The summed E-state index contributed by atoms with van der Waals surface area (Å²) < 4.78 is 0. The molecule has 2 aliphatic heterocycles. The van der Waals surface area contributed by atoms with Gasteiger partial charge in [0.25, 0.3) is 0 Å². The molecule has 2 aromatic rings. The van der Waals surface area contributed by atoms with Crippen LogP contribution in [0.3, 0.4) is 0 Å². The first-order chi connectivity index (χ1) is 14.1. The lowest BCUT2D eigenvalue weighted by molar-refractivity contribution is -0.137. The van der Waals surface area contributed by atoms with E-state index in [-0.39, 0.29) is 18.4 Å². The van der Waals surface area contributed by atoms with Crippen LogP contribution in [0.15, 0.2) is 60.0 Å². The predicted octanol–water partition coefficient (Wildman–Crippen LogP) is 3.22. The molecule has 0 unspecified atom stereocenters. The van der Waals surface area contributed by atoms with Crippen molar-refractivity contribution in [1.29, 1.82) is 0 Å². The highest BCUT2D eigenvalue weighted by atomic mass is 32.2. The van der Waals surface area contributed by atoms with Gasteiger partial charge in [0.2, 0.25) is 11.8 Å². The van der Waals surface area contributed by atoms with Crippen molar-refractivity contribution in [3.05, 3.63) is 71.1 Å². The van der Waals surface area contributed by atoms with Crippen molar-refractivity contribution in [2.45, 2.75) is 6.92 Å². The first-order valence-corrected chi connectivity index (χ1v) is 10.9. The van der Waals surface area contributed by atoms with E-state index >= 15 is 0 Å². The monoisotopic (exact) mass is 407 g/mol. The maximum atomic E-state index is 13.0. The lowest BCUT2D eigenvalue weighted by atomic mass is 10.1. The number of benzene rings is 2. The van der Waals surface area contributed by atoms with E-state index in [2.05, 4.69) is 36.1 Å². The molecule has 0 aliphatic carbocycles. The second kappa shape index (κ2) is 8.74. The molecule has 0 saturated carbocycles. The zero-order chi connectivity index (χ0) is 20.2. The molecule has 0 radical (unpaired) electrons. The summed E-state index contributed by atoms with van der Waals surface area (Å²) in [4.78, 5) is 31.3. The first kappa shape index (κ1) is 19.6. The maximum Gasteiger partial charge on any atom is 0.242 e. The summed E-state index contributed by atoms with van der Waals surface area (Å²) in [6, 6.07) is 18.3. The lowest BCUT2D eigenvalue weighted by Crippen LogP contribution is -2.52. The molecule has 1 saturated heterocycles. The first-order valence-electron chi connectivity index (χ1n) is 9.89. The van der Waals surface area contributed by atoms with Crippen LogP contribution >= 0.6 is 11.8 Å². The van der Waals surface area contributed by atoms with Gasteiger partial charge in [-0.25, -0.2) is 0 Å². The molecule has 0 atom stereocenters. The molecule has 2 heterocycles. The summed E-state index contributed by atoms with van der Waals surface area (Å²) in [6.07, 6.45) is 0. The number of rotatable bonds is 4. The fraction of sp³-hybridized carbons (Fsp3) is 0.304. The van der Waals surface area contributed by atoms with E-state index < -0.39 is 0 Å². The van der Waals surface area contributed by atoms with Gasteiger partial charge in [-0.3, -0.25) is 9.59 Å². The molecule has 2 aliphatic rings. The Morgan fingerprint density at radius 1 is 1.00 bits per heavy atom. The lowest BCUT2D eigenvalue weighted by Gasteiger charge is -2.37. The molecule has 0 bridgehead atoms. The molecule has 29 heavy (non-hydrogen) atoms. The van der Waals surface area contributed by atoms with Gasteiger partial charge >= 0.3 is 0 Å².